The minimum absolute atomic E-state index is 1.04. The standard InChI is InChI=1S/C10H18N4/c1-3-7-11-8-5-4-6-10-9-12-13-14(10)2/h4,6,9,11H,3,5,7-8H2,1-2H3/b6-4+. The highest BCUT2D eigenvalue weighted by atomic mass is 15.4. The summed E-state index contributed by atoms with van der Waals surface area (Å²) in [5.74, 6) is 0. The number of nitrogens with zero attached hydrogens (tertiary/aromatic N) is 3. The third-order valence-corrected chi connectivity index (χ3v) is 1.95. The summed E-state index contributed by atoms with van der Waals surface area (Å²) in [6, 6.07) is 0. The van der Waals surface area contributed by atoms with E-state index >= 15 is 0 Å². The zero-order valence-corrected chi connectivity index (χ0v) is 8.90. The molecule has 0 amide bonds. The third-order valence-electron chi connectivity index (χ3n) is 1.95. The molecule has 1 aromatic rings. The topological polar surface area (TPSA) is 42.7 Å². The Bertz CT molecular complexity index is 277. The predicted molar refractivity (Wildman–Crippen MR) is 57.8 cm³/mol. The van der Waals surface area contributed by atoms with Crippen molar-refractivity contribution in [3.63, 3.8) is 0 Å². The van der Waals surface area contributed by atoms with Crippen LogP contribution in [0.15, 0.2) is 12.3 Å². The molecular weight excluding hydrogens is 176 g/mol. The summed E-state index contributed by atoms with van der Waals surface area (Å²) in [5.41, 5.74) is 1.04. The van der Waals surface area contributed by atoms with Crippen LogP contribution in [0.2, 0.25) is 0 Å². The number of nitrogens with one attached hydrogen (secondary N) is 1. The van der Waals surface area contributed by atoms with Gasteiger partial charge in [0.25, 0.3) is 0 Å². The Kier molecular flexibility index (Phi) is 4.93. The van der Waals surface area contributed by atoms with Gasteiger partial charge in [-0.15, -0.1) is 5.10 Å². The quantitative estimate of drug-likeness (QED) is 0.692. The summed E-state index contributed by atoms with van der Waals surface area (Å²) in [6.45, 7) is 4.31. The SMILES string of the molecule is CCCNCC/C=C/c1cnnn1C. The second kappa shape index (κ2) is 6.32. The van der Waals surface area contributed by atoms with Crippen molar-refractivity contribution in [3.05, 3.63) is 18.0 Å². The van der Waals surface area contributed by atoms with Crippen LogP contribution < -0.4 is 5.32 Å². The molecule has 4 nitrogen and oxygen atoms in total. The van der Waals surface area contributed by atoms with E-state index in [1.807, 2.05) is 13.1 Å². The summed E-state index contributed by atoms with van der Waals surface area (Å²) >= 11 is 0. The molecule has 0 fully saturated rings. The van der Waals surface area contributed by atoms with Crippen molar-refractivity contribution < 1.29 is 0 Å². The summed E-state index contributed by atoms with van der Waals surface area (Å²) in [4.78, 5) is 0. The lowest BCUT2D eigenvalue weighted by molar-refractivity contribution is 0.678. The molecule has 0 aliphatic heterocycles. The zero-order chi connectivity index (χ0) is 10.2. The second-order valence-electron chi connectivity index (χ2n) is 3.22. The molecule has 1 rings (SSSR count). The molecule has 14 heavy (non-hydrogen) atoms. The fraction of sp³-hybridized carbons (Fsp3) is 0.600. The van der Waals surface area contributed by atoms with Gasteiger partial charge in [-0.3, -0.25) is 0 Å². The van der Waals surface area contributed by atoms with Gasteiger partial charge in [-0.1, -0.05) is 18.2 Å². The Morgan fingerprint density at radius 2 is 2.36 bits per heavy atom. The van der Waals surface area contributed by atoms with E-state index in [4.69, 9.17) is 0 Å². The van der Waals surface area contributed by atoms with E-state index in [1.54, 1.807) is 10.9 Å². The highest BCUT2D eigenvalue weighted by molar-refractivity contribution is 5.42. The second-order valence-corrected chi connectivity index (χ2v) is 3.22. The third kappa shape index (κ3) is 3.70. The molecule has 0 atom stereocenters. The number of rotatable bonds is 6. The number of aryl methyl sites for hydroxylation is 1. The lowest BCUT2D eigenvalue weighted by Gasteiger charge is -1.98. The maximum Gasteiger partial charge on any atom is 0.0806 e. The molecule has 1 N–H and O–H groups in total. The van der Waals surface area contributed by atoms with Crippen LogP contribution in [0.3, 0.4) is 0 Å². The van der Waals surface area contributed by atoms with Gasteiger partial charge in [0.15, 0.2) is 0 Å². The Balaban J connectivity index is 2.18. The number of hydrogen-bond donors (Lipinski definition) is 1. The number of hydrogen-bond acceptors (Lipinski definition) is 3. The maximum atomic E-state index is 3.84. The van der Waals surface area contributed by atoms with Crippen molar-refractivity contribution in [1.82, 2.24) is 20.3 Å². The van der Waals surface area contributed by atoms with Crippen LogP contribution in [0.5, 0.6) is 0 Å². The van der Waals surface area contributed by atoms with Gasteiger partial charge < -0.3 is 5.32 Å². The van der Waals surface area contributed by atoms with Crippen LogP contribution in [0.25, 0.3) is 6.08 Å². The summed E-state index contributed by atoms with van der Waals surface area (Å²) in [6.07, 6.45) is 8.19. The zero-order valence-electron chi connectivity index (χ0n) is 8.90. The average Bonchev–Trinajstić information content (AvgIpc) is 2.58. The summed E-state index contributed by atoms with van der Waals surface area (Å²) in [7, 11) is 1.89. The normalized spacial score (nSPS) is 11.3. The van der Waals surface area contributed by atoms with E-state index in [2.05, 4.69) is 28.6 Å². The molecule has 0 saturated carbocycles. The fourth-order valence-electron chi connectivity index (χ4n) is 1.14. The Morgan fingerprint density at radius 3 is 3.00 bits per heavy atom. The smallest absolute Gasteiger partial charge is 0.0806 e. The summed E-state index contributed by atoms with van der Waals surface area (Å²) < 4.78 is 1.76. The molecule has 78 valence electrons. The average molecular weight is 194 g/mol. The van der Waals surface area contributed by atoms with Gasteiger partial charge in [-0.25, -0.2) is 4.68 Å². The van der Waals surface area contributed by atoms with Crippen LogP contribution in [0.4, 0.5) is 0 Å². The minimum Gasteiger partial charge on any atom is -0.316 e. The van der Waals surface area contributed by atoms with E-state index in [-0.39, 0.29) is 0 Å². The van der Waals surface area contributed by atoms with Crippen LogP contribution in [-0.4, -0.2) is 28.1 Å². The van der Waals surface area contributed by atoms with E-state index in [0.717, 1.165) is 25.2 Å². The van der Waals surface area contributed by atoms with Crippen molar-refractivity contribution in [2.24, 2.45) is 7.05 Å². The van der Waals surface area contributed by atoms with E-state index in [9.17, 15) is 0 Å². The van der Waals surface area contributed by atoms with E-state index in [0.29, 0.717) is 0 Å². The van der Waals surface area contributed by atoms with Gasteiger partial charge in [-0.05, 0) is 32.0 Å². The lowest BCUT2D eigenvalue weighted by Crippen LogP contribution is -2.14. The fourth-order valence-corrected chi connectivity index (χ4v) is 1.14. The molecule has 0 bridgehead atoms. The van der Waals surface area contributed by atoms with Crippen LogP contribution in [0, 0.1) is 0 Å². The molecule has 4 heteroatoms. The molecular formula is C10H18N4. The van der Waals surface area contributed by atoms with Crippen molar-refractivity contribution >= 4 is 6.08 Å². The highest BCUT2D eigenvalue weighted by Crippen LogP contribution is 1.97. The maximum absolute atomic E-state index is 3.84. The van der Waals surface area contributed by atoms with Crippen molar-refractivity contribution in [3.8, 4) is 0 Å². The first kappa shape index (κ1) is 10.9. The molecule has 0 aliphatic carbocycles. The predicted octanol–water partition coefficient (Wildman–Crippen LogP) is 1.22. The van der Waals surface area contributed by atoms with Crippen LogP contribution in [-0.2, 0) is 7.05 Å². The van der Waals surface area contributed by atoms with E-state index < -0.39 is 0 Å². The van der Waals surface area contributed by atoms with Gasteiger partial charge in [-0.2, -0.15) is 0 Å². The van der Waals surface area contributed by atoms with E-state index in [1.165, 1.54) is 6.42 Å². The van der Waals surface area contributed by atoms with Crippen molar-refractivity contribution in [1.29, 1.82) is 0 Å². The Morgan fingerprint density at radius 1 is 1.50 bits per heavy atom. The van der Waals surface area contributed by atoms with Crippen molar-refractivity contribution in [2.45, 2.75) is 19.8 Å². The first-order chi connectivity index (χ1) is 6.84. The Labute approximate surface area is 85.0 Å². The molecule has 0 aliphatic rings. The Hall–Kier alpha value is -1.16. The largest absolute Gasteiger partial charge is 0.316 e. The van der Waals surface area contributed by atoms with Crippen molar-refractivity contribution in [2.75, 3.05) is 13.1 Å². The van der Waals surface area contributed by atoms with Gasteiger partial charge in [0, 0.05) is 7.05 Å². The van der Waals surface area contributed by atoms with Gasteiger partial charge in [0.05, 0.1) is 11.9 Å². The summed E-state index contributed by atoms with van der Waals surface area (Å²) in [5, 5.41) is 11.0. The first-order valence-corrected chi connectivity index (χ1v) is 5.06. The van der Waals surface area contributed by atoms with Gasteiger partial charge in [0.1, 0.15) is 0 Å². The molecule has 0 saturated heterocycles. The molecule has 0 radical (unpaired) electrons. The first-order valence-electron chi connectivity index (χ1n) is 5.06. The number of aromatic nitrogens is 3. The van der Waals surface area contributed by atoms with Crippen LogP contribution in [0.1, 0.15) is 25.5 Å². The minimum atomic E-state index is 1.04. The highest BCUT2D eigenvalue weighted by Gasteiger charge is 1.91. The van der Waals surface area contributed by atoms with Crippen LogP contribution >= 0.6 is 0 Å². The molecule has 0 aromatic carbocycles. The molecule has 1 heterocycles. The molecule has 1 aromatic heterocycles. The molecule has 0 unspecified atom stereocenters. The monoisotopic (exact) mass is 194 g/mol. The lowest BCUT2D eigenvalue weighted by atomic mass is 10.3. The molecule has 0 spiro atoms. The van der Waals surface area contributed by atoms with Gasteiger partial charge in [0.2, 0.25) is 0 Å². The van der Waals surface area contributed by atoms with Gasteiger partial charge >= 0.3 is 0 Å².